The Morgan fingerprint density at radius 1 is 1.12 bits per heavy atom. The first kappa shape index (κ1) is 14.4. The van der Waals surface area contributed by atoms with Crippen molar-refractivity contribution in [2.75, 3.05) is 11.4 Å². The zero-order valence-corrected chi connectivity index (χ0v) is 12.8. The fourth-order valence-electron chi connectivity index (χ4n) is 2.75. The third-order valence-electron chi connectivity index (χ3n) is 3.94. The number of esters is 1. The Kier molecular flexibility index (Phi) is 3.49. The largest absolute Gasteiger partial charge is 0.465 e. The van der Waals surface area contributed by atoms with Crippen molar-refractivity contribution in [2.45, 2.75) is 12.8 Å². The van der Waals surface area contributed by atoms with Crippen LogP contribution in [0, 0.1) is 0 Å². The Labute approximate surface area is 138 Å². The maximum absolute atomic E-state index is 11.9. The van der Waals surface area contributed by atoms with Crippen molar-refractivity contribution < 1.29 is 18.7 Å². The second kappa shape index (κ2) is 5.81. The number of nitrogens with zero attached hydrogens (tertiary/aromatic N) is 2. The van der Waals surface area contributed by atoms with Crippen LogP contribution in [0.25, 0.3) is 6.08 Å². The van der Waals surface area contributed by atoms with Gasteiger partial charge in [-0.1, -0.05) is 0 Å². The van der Waals surface area contributed by atoms with Gasteiger partial charge in [0.15, 0.2) is 5.70 Å². The molecule has 0 unspecified atom stereocenters. The number of cyclic esters (lactones) is 1. The third-order valence-corrected chi connectivity index (χ3v) is 3.94. The van der Waals surface area contributed by atoms with Crippen LogP contribution >= 0.6 is 0 Å². The molecule has 1 aromatic heterocycles. The smallest absolute Gasteiger partial charge is 0.363 e. The summed E-state index contributed by atoms with van der Waals surface area (Å²) in [6, 6.07) is 10.7. The summed E-state index contributed by atoms with van der Waals surface area (Å²) in [4.78, 5) is 29.7. The van der Waals surface area contributed by atoms with Crippen molar-refractivity contribution in [2.24, 2.45) is 4.99 Å². The Morgan fingerprint density at radius 2 is 1.96 bits per heavy atom. The molecule has 0 bridgehead atoms. The molecule has 0 aliphatic carbocycles. The molecule has 6 heteroatoms. The molecule has 2 aliphatic rings. The summed E-state index contributed by atoms with van der Waals surface area (Å²) >= 11 is 0. The number of carbonyl (C=O) groups excluding carboxylic acids is 2. The van der Waals surface area contributed by atoms with Gasteiger partial charge in [0.25, 0.3) is 0 Å². The number of amides is 1. The van der Waals surface area contributed by atoms with Crippen molar-refractivity contribution in [3.63, 3.8) is 0 Å². The van der Waals surface area contributed by atoms with Crippen LogP contribution in [0.2, 0.25) is 0 Å². The van der Waals surface area contributed by atoms with E-state index in [1.165, 1.54) is 12.3 Å². The van der Waals surface area contributed by atoms with E-state index < -0.39 is 5.97 Å². The van der Waals surface area contributed by atoms with Gasteiger partial charge in [0.05, 0.1) is 6.26 Å². The Balaban J connectivity index is 1.58. The van der Waals surface area contributed by atoms with E-state index in [0.717, 1.165) is 18.7 Å². The van der Waals surface area contributed by atoms with Gasteiger partial charge < -0.3 is 14.1 Å². The van der Waals surface area contributed by atoms with E-state index in [9.17, 15) is 9.59 Å². The van der Waals surface area contributed by atoms with Crippen molar-refractivity contribution in [3.8, 4) is 0 Å². The highest BCUT2D eigenvalue weighted by Gasteiger charge is 2.25. The van der Waals surface area contributed by atoms with E-state index in [4.69, 9.17) is 9.15 Å². The highest BCUT2D eigenvalue weighted by molar-refractivity contribution is 6.12. The number of rotatable bonds is 3. The number of carbonyl (C=O) groups is 2. The van der Waals surface area contributed by atoms with Crippen molar-refractivity contribution in [1.82, 2.24) is 0 Å². The fraction of sp³-hybridized carbons (Fsp3) is 0.167. The van der Waals surface area contributed by atoms with E-state index in [-0.39, 0.29) is 17.5 Å². The van der Waals surface area contributed by atoms with Gasteiger partial charge in [-0.3, -0.25) is 4.79 Å². The Hall–Kier alpha value is -3.15. The minimum Gasteiger partial charge on any atom is -0.465 e. The highest BCUT2D eigenvalue weighted by Crippen LogP contribution is 2.24. The molecule has 1 saturated heterocycles. The number of hydrogen-bond donors (Lipinski definition) is 0. The summed E-state index contributed by atoms with van der Waals surface area (Å²) in [5.74, 6) is 0.406. The standard InChI is InChI=1S/C18H14N2O4/c21-16-4-1-9-20(16)13-7-5-12(6-8-13)17-19-15(18(22)24-17)11-14-3-2-10-23-14/h2-3,5-8,10-11H,1,4,9H2. The second-order valence-corrected chi connectivity index (χ2v) is 5.55. The number of aliphatic imine (C=N–C) groups is 1. The zero-order valence-electron chi connectivity index (χ0n) is 12.8. The summed E-state index contributed by atoms with van der Waals surface area (Å²) < 4.78 is 10.4. The van der Waals surface area contributed by atoms with Gasteiger partial charge in [0.1, 0.15) is 5.76 Å². The number of ether oxygens (including phenoxy) is 1. The normalized spacial score (nSPS) is 19.1. The van der Waals surface area contributed by atoms with Crippen LogP contribution in [-0.4, -0.2) is 24.3 Å². The van der Waals surface area contributed by atoms with Crippen LogP contribution < -0.4 is 4.90 Å². The first-order valence-electron chi connectivity index (χ1n) is 7.67. The van der Waals surface area contributed by atoms with Crippen LogP contribution in [0.1, 0.15) is 24.2 Å². The monoisotopic (exact) mass is 322 g/mol. The van der Waals surface area contributed by atoms with Crippen molar-refractivity contribution in [1.29, 1.82) is 0 Å². The molecule has 120 valence electrons. The molecule has 4 rings (SSSR count). The lowest BCUT2D eigenvalue weighted by Crippen LogP contribution is -2.23. The van der Waals surface area contributed by atoms with Crippen LogP contribution in [0.3, 0.4) is 0 Å². The van der Waals surface area contributed by atoms with Crippen molar-refractivity contribution >= 4 is 29.5 Å². The fourth-order valence-corrected chi connectivity index (χ4v) is 2.75. The van der Waals surface area contributed by atoms with Crippen LogP contribution in [0.5, 0.6) is 0 Å². The number of anilines is 1. The second-order valence-electron chi connectivity index (χ2n) is 5.55. The molecule has 1 amide bonds. The highest BCUT2D eigenvalue weighted by atomic mass is 16.6. The van der Waals surface area contributed by atoms with Crippen LogP contribution in [0.4, 0.5) is 5.69 Å². The van der Waals surface area contributed by atoms with Gasteiger partial charge in [0, 0.05) is 30.3 Å². The van der Waals surface area contributed by atoms with Gasteiger partial charge in [0.2, 0.25) is 11.8 Å². The van der Waals surface area contributed by atoms with Crippen LogP contribution in [0.15, 0.2) is 57.8 Å². The van der Waals surface area contributed by atoms with Gasteiger partial charge in [-0.2, -0.15) is 0 Å². The molecule has 1 fully saturated rings. The SMILES string of the molecule is O=C1OC(c2ccc(N3CCCC3=O)cc2)=NC1=Cc1ccco1. The van der Waals surface area contributed by atoms with Crippen molar-refractivity contribution in [3.05, 3.63) is 59.7 Å². The average Bonchev–Trinajstić information content (AvgIpc) is 3.31. The molecule has 0 radical (unpaired) electrons. The maximum Gasteiger partial charge on any atom is 0.363 e. The third kappa shape index (κ3) is 2.62. The topological polar surface area (TPSA) is 72.1 Å². The number of hydrogen-bond acceptors (Lipinski definition) is 5. The molecule has 0 saturated carbocycles. The maximum atomic E-state index is 11.9. The molecular formula is C18H14N2O4. The van der Waals surface area contributed by atoms with Crippen LogP contribution in [-0.2, 0) is 14.3 Å². The Bertz CT molecular complexity index is 848. The summed E-state index contributed by atoms with van der Waals surface area (Å²) in [6.07, 6.45) is 4.53. The van der Waals surface area contributed by atoms with E-state index in [0.29, 0.717) is 17.7 Å². The van der Waals surface area contributed by atoms with Gasteiger partial charge in [-0.05, 0) is 42.8 Å². The average molecular weight is 322 g/mol. The van der Waals surface area contributed by atoms with E-state index in [2.05, 4.69) is 4.99 Å². The molecule has 0 atom stereocenters. The molecule has 3 heterocycles. The summed E-state index contributed by atoms with van der Waals surface area (Å²) in [5, 5.41) is 0. The Morgan fingerprint density at radius 3 is 2.62 bits per heavy atom. The molecular weight excluding hydrogens is 308 g/mol. The van der Waals surface area contributed by atoms with E-state index in [1.54, 1.807) is 29.2 Å². The summed E-state index contributed by atoms with van der Waals surface area (Å²) in [5.41, 5.74) is 1.72. The molecule has 2 aromatic rings. The predicted molar refractivity (Wildman–Crippen MR) is 87.3 cm³/mol. The minimum atomic E-state index is -0.514. The first-order valence-corrected chi connectivity index (χ1v) is 7.67. The zero-order chi connectivity index (χ0) is 16.5. The lowest BCUT2D eigenvalue weighted by Gasteiger charge is -2.15. The molecule has 6 nitrogen and oxygen atoms in total. The lowest BCUT2D eigenvalue weighted by molar-refractivity contribution is -0.130. The molecule has 2 aliphatic heterocycles. The molecule has 24 heavy (non-hydrogen) atoms. The molecule has 0 spiro atoms. The van der Waals surface area contributed by atoms with Gasteiger partial charge in [-0.25, -0.2) is 9.79 Å². The number of benzene rings is 1. The first-order chi connectivity index (χ1) is 11.7. The number of furan rings is 1. The minimum absolute atomic E-state index is 0.135. The summed E-state index contributed by atoms with van der Waals surface area (Å²) in [7, 11) is 0. The van der Waals surface area contributed by atoms with Gasteiger partial charge in [-0.15, -0.1) is 0 Å². The van der Waals surface area contributed by atoms with Gasteiger partial charge >= 0.3 is 5.97 Å². The quantitative estimate of drug-likeness (QED) is 0.643. The predicted octanol–water partition coefficient (Wildman–Crippen LogP) is 2.75. The summed E-state index contributed by atoms with van der Waals surface area (Å²) in [6.45, 7) is 0.740. The molecule has 1 aromatic carbocycles. The van der Waals surface area contributed by atoms with E-state index in [1.807, 2.05) is 12.1 Å². The molecule has 0 N–H and O–H groups in total. The van der Waals surface area contributed by atoms with E-state index >= 15 is 0 Å². The lowest BCUT2D eigenvalue weighted by atomic mass is 10.2.